The van der Waals surface area contributed by atoms with Crippen LogP contribution in [0.4, 0.5) is 0 Å². The highest BCUT2D eigenvalue weighted by Gasteiger charge is 2.32. The predicted molar refractivity (Wildman–Crippen MR) is 116 cm³/mol. The first-order valence-corrected chi connectivity index (χ1v) is 10.7. The molecule has 0 aromatic heterocycles. The van der Waals surface area contributed by atoms with Gasteiger partial charge in [-0.15, -0.1) is 0 Å². The van der Waals surface area contributed by atoms with Gasteiger partial charge in [-0.3, -0.25) is 4.79 Å². The zero-order valence-electron chi connectivity index (χ0n) is 16.1. The fourth-order valence-electron chi connectivity index (χ4n) is 3.39. The van der Waals surface area contributed by atoms with E-state index >= 15 is 0 Å². The molecule has 2 nitrogen and oxygen atoms in total. The van der Waals surface area contributed by atoms with Crippen molar-refractivity contribution in [3.05, 3.63) is 91.0 Å². The van der Waals surface area contributed by atoms with Gasteiger partial charge in [0.1, 0.15) is 11.4 Å². The summed E-state index contributed by atoms with van der Waals surface area (Å²) in [7, 11) is 0. The molecule has 0 radical (unpaired) electrons. The third-order valence-corrected chi connectivity index (χ3v) is 8.78. The second-order valence-electron chi connectivity index (χ2n) is 6.16. The molecule has 3 aromatic rings. The number of nitriles is 1. The number of Topliss-reactive ketones (excluding diaryl/α,β-unsaturated/α-hetero) is 1. The smallest absolute Gasteiger partial charge is 0.174 e. The summed E-state index contributed by atoms with van der Waals surface area (Å²) in [4.78, 5) is 13.2. The van der Waals surface area contributed by atoms with Crippen molar-refractivity contribution >= 4 is 33.9 Å². The van der Waals surface area contributed by atoms with Gasteiger partial charge >= 0.3 is 0 Å². The molecular formula is C24H22NOP. The monoisotopic (exact) mass is 373 g/mol. The van der Waals surface area contributed by atoms with Gasteiger partial charge in [0, 0.05) is 7.79 Å². The Morgan fingerprint density at radius 2 is 1.26 bits per heavy atom. The first kappa shape index (κ1) is 17.5. The van der Waals surface area contributed by atoms with Crippen molar-refractivity contribution in [2.24, 2.45) is 0 Å². The maximum atomic E-state index is 13.2. The third kappa shape index (κ3) is 3.52. The van der Waals surface area contributed by atoms with Crippen molar-refractivity contribution in [2.45, 2.75) is 19.7 Å². The van der Waals surface area contributed by atoms with Gasteiger partial charge in [-0.25, -0.2) is 0 Å². The summed E-state index contributed by atoms with van der Waals surface area (Å²) in [6.45, 7) is -2.44. The number of carbonyl (C=O) groups excluding carboxylic acids is 1. The van der Waals surface area contributed by atoms with E-state index in [-0.39, 0.29) is 19.1 Å². The number of carbonyl (C=O) groups is 1. The quantitative estimate of drug-likeness (QED) is 0.612. The Hall–Kier alpha value is -2.88. The number of benzene rings is 3. The van der Waals surface area contributed by atoms with Crippen molar-refractivity contribution in [3.63, 3.8) is 0 Å². The normalized spacial score (nSPS) is 11.3. The van der Waals surface area contributed by atoms with Gasteiger partial charge in [0.2, 0.25) is 0 Å². The molecule has 3 rings (SSSR count). The summed E-state index contributed by atoms with van der Waals surface area (Å²) >= 11 is 0. The largest absolute Gasteiger partial charge is 0.293 e. The van der Waals surface area contributed by atoms with Crippen LogP contribution in [0.3, 0.4) is 0 Å². The molecule has 0 saturated carbocycles. The van der Waals surface area contributed by atoms with Crippen LogP contribution in [0.15, 0.2) is 91.0 Å². The average Bonchev–Trinajstić information content (AvgIpc) is 2.77. The zero-order chi connectivity index (χ0) is 19.8. The average molecular weight is 373 g/mol. The summed E-state index contributed by atoms with van der Waals surface area (Å²) in [5.41, 5.74) is 0. The Kier molecular flexibility index (Phi) is 5.63. The van der Waals surface area contributed by atoms with Gasteiger partial charge < -0.3 is 0 Å². The van der Waals surface area contributed by atoms with Crippen LogP contribution in [0.1, 0.15) is 21.1 Å². The molecule has 27 heavy (non-hydrogen) atoms. The van der Waals surface area contributed by atoms with Crippen LogP contribution in [-0.2, 0) is 4.79 Å². The Bertz CT molecular complexity index is 921. The van der Waals surface area contributed by atoms with E-state index in [0.29, 0.717) is 11.7 Å². The molecule has 0 aliphatic heterocycles. The lowest BCUT2D eigenvalue weighted by atomic mass is 10.2. The number of hydrogen-bond donors (Lipinski definition) is 0. The molecule has 0 spiro atoms. The molecular weight excluding hydrogens is 349 g/mol. The van der Waals surface area contributed by atoms with Gasteiger partial charge in [0.25, 0.3) is 0 Å². The summed E-state index contributed by atoms with van der Waals surface area (Å²) in [5.74, 6) is -0.153. The minimum atomic E-state index is -2.61. The number of hydrogen-bond acceptors (Lipinski definition) is 2. The predicted octanol–water partition coefficient (Wildman–Crippen LogP) is 4.05. The second-order valence-corrected chi connectivity index (χ2v) is 9.50. The van der Waals surface area contributed by atoms with Crippen LogP contribution in [0.2, 0.25) is 0 Å². The maximum Gasteiger partial charge on any atom is 0.174 e. The van der Waals surface area contributed by atoms with E-state index in [9.17, 15) is 10.1 Å². The van der Waals surface area contributed by atoms with E-state index < -0.39 is 6.89 Å². The highest BCUT2D eigenvalue weighted by atomic mass is 31.2. The van der Waals surface area contributed by atoms with Gasteiger partial charge in [0.05, 0.1) is 0 Å². The van der Waals surface area contributed by atoms with E-state index in [4.69, 9.17) is 1.37 Å². The topological polar surface area (TPSA) is 40.9 Å². The van der Waals surface area contributed by atoms with Crippen LogP contribution in [0.5, 0.6) is 0 Å². The van der Waals surface area contributed by atoms with Gasteiger partial charge in [-0.05, 0) is 29.2 Å². The maximum absolute atomic E-state index is 13.2. The number of nitrogens with zero attached hydrogens (tertiary/aromatic N) is 1. The van der Waals surface area contributed by atoms with Crippen LogP contribution >= 0.6 is 6.89 Å². The molecule has 0 bridgehead atoms. The summed E-state index contributed by atoms with van der Waals surface area (Å²) in [5, 5.41) is 13.5. The molecule has 0 amide bonds. The second kappa shape index (κ2) is 8.67. The van der Waals surface area contributed by atoms with Crippen molar-refractivity contribution in [3.8, 4) is 6.07 Å². The minimum Gasteiger partial charge on any atom is -0.293 e. The van der Waals surface area contributed by atoms with E-state index in [1.807, 2.05) is 91.0 Å². The van der Waals surface area contributed by atoms with Crippen LogP contribution in [0.25, 0.3) is 0 Å². The fourth-order valence-corrected chi connectivity index (χ4v) is 7.56. The lowest BCUT2D eigenvalue weighted by Crippen LogP contribution is -2.33. The molecule has 0 aliphatic rings. The Morgan fingerprint density at radius 1 is 0.852 bits per heavy atom. The SMILES string of the molecule is [3H]CCCC(=O)C(C#N)=P(c1ccccc1)(c1ccccc1)c1ccccc1. The summed E-state index contributed by atoms with van der Waals surface area (Å²) < 4.78 is 7.41. The first-order chi connectivity index (χ1) is 13.7. The van der Waals surface area contributed by atoms with Crippen molar-refractivity contribution < 1.29 is 6.17 Å². The molecule has 0 atom stereocenters. The molecule has 0 unspecified atom stereocenters. The van der Waals surface area contributed by atoms with Crippen LogP contribution in [-0.4, -0.2) is 11.1 Å². The van der Waals surface area contributed by atoms with Crippen molar-refractivity contribution in [1.29, 1.82) is 5.26 Å². The summed E-state index contributed by atoms with van der Waals surface area (Å²) in [6.07, 6.45) is 0.684. The highest BCUT2D eigenvalue weighted by Crippen LogP contribution is 2.46. The summed E-state index contributed by atoms with van der Waals surface area (Å²) in [6, 6.07) is 32.0. The molecule has 0 aliphatic carbocycles. The highest BCUT2D eigenvalue weighted by molar-refractivity contribution is 7.96. The molecule has 3 heteroatoms. The lowest BCUT2D eigenvalue weighted by molar-refractivity contribution is -0.112. The number of rotatable bonds is 6. The van der Waals surface area contributed by atoms with E-state index in [1.165, 1.54) is 0 Å². The molecule has 0 fully saturated rings. The lowest BCUT2D eigenvalue weighted by Gasteiger charge is -2.30. The van der Waals surface area contributed by atoms with E-state index in [1.54, 1.807) is 0 Å². The van der Waals surface area contributed by atoms with E-state index in [2.05, 4.69) is 6.07 Å². The molecule has 0 heterocycles. The van der Waals surface area contributed by atoms with Gasteiger partial charge in [-0.1, -0.05) is 97.9 Å². The Morgan fingerprint density at radius 3 is 1.59 bits per heavy atom. The molecule has 0 N–H and O–H groups in total. The van der Waals surface area contributed by atoms with Crippen LogP contribution < -0.4 is 15.9 Å². The molecule has 0 saturated heterocycles. The van der Waals surface area contributed by atoms with E-state index in [0.717, 1.165) is 15.9 Å². The van der Waals surface area contributed by atoms with Gasteiger partial charge in [0.15, 0.2) is 5.78 Å². The first-order valence-electron chi connectivity index (χ1n) is 9.61. The Balaban J connectivity index is 2.50. The molecule has 134 valence electrons. The van der Waals surface area contributed by atoms with Crippen molar-refractivity contribution in [2.75, 3.05) is 0 Å². The Labute approximate surface area is 162 Å². The molecule has 3 aromatic carbocycles. The third-order valence-electron chi connectivity index (χ3n) is 4.54. The number of ketones is 1. The standard InChI is InChI=1S/C24H22NOP/c1-2-12-23(26)24(19-25)27(20-13-6-3-7-14-20,21-15-8-4-9-16-21)22-17-10-5-11-18-22/h3-11,13-18H,2,12H2,1H3/i1T. The van der Waals surface area contributed by atoms with Crippen molar-refractivity contribution in [1.82, 2.24) is 0 Å². The van der Waals surface area contributed by atoms with Crippen LogP contribution in [0, 0.1) is 11.3 Å². The van der Waals surface area contributed by atoms with Gasteiger partial charge in [-0.2, -0.15) is 5.26 Å². The fraction of sp³-hybridized carbons (Fsp3) is 0.125. The zero-order valence-corrected chi connectivity index (χ0v) is 16.0. The minimum absolute atomic E-state index is 0.153.